The van der Waals surface area contributed by atoms with E-state index in [-0.39, 0.29) is 0 Å². The van der Waals surface area contributed by atoms with Crippen molar-refractivity contribution in [3.05, 3.63) is 72.9 Å². The highest BCUT2D eigenvalue weighted by molar-refractivity contribution is 7.25. The first kappa shape index (κ1) is 21.8. The van der Waals surface area contributed by atoms with E-state index in [4.69, 9.17) is 19.4 Å². The van der Waals surface area contributed by atoms with Crippen LogP contribution >= 0.6 is 11.3 Å². The maximum Gasteiger partial charge on any atom is 0.246 e. The van der Waals surface area contributed by atoms with Crippen LogP contribution in [0, 0.1) is 0 Å². The van der Waals surface area contributed by atoms with E-state index < -0.39 is 0 Å². The molecule has 1 aliphatic rings. The average molecular weight is 483 g/mol. The van der Waals surface area contributed by atoms with Gasteiger partial charge in [0.1, 0.15) is 17.2 Å². The Labute approximate surface area is 207 Å². The third-order valence-electron chi connectivity index (χ3n) is 6.36. The van der Waals surface area contributed by atoms with Crippen molar-refractivity contribution >= 4 is 37.2 Å². The van der Waals surface area contributed by atoms with Crippen molar-refractivity contribution < 1.29 is 9.47 Å². The van der Waals surface area contributed by atoms with Crippen LogP contribution in [0.3, 0.4) is 0 Å². The summed E-state index contributed by atoms with van der Waals surface area (Å²) in [5.41, 5.74) is 1.74. The van der Waals surface area contributed by atoms with Crippen LogP contribution < -0.4 is 20.1 Å². The van der Waals surface area contributed by atoms with E-state index in [1.807, 2.05) is 30.5 Å². The van der Waals surface area contributed by atoms with Crippen LogP contribution in [0.5, 0.6) is 17.4 Å². The number of hydrogen-bond acceptors (Lipinski definition) is 7. The molecule has 176 valence electrons. The van der Waals surface area contributed by atoms with Crippen LogP contribution in [-0.2, 0) is 0 Å². The molecular formula is C28H26N4O2S. The number of thiophene rings is 1. The zero-order valence-corrected chi connectivity index (χ0v) is 20.3. The second kappa shape index (κ2) is 9.52. The zero-order valence-electron chi connectivity index (χ0n) is 19.5. The third-order valence-corrected chi connectivity index (χ3v) is 7.52. The van der Waals surface area contributed by atoms with Gasteiger partial charge in [0.05, 0.1) is 13.3 Å². The van der Waals surface area contributed by atoms with E-state index in [1.165, 1.54) is 26.6 Å². The lowest BCUT2D eigenvalue weighted by molar-refractivity contribution is 0.412. The van der Waals surface area contributed by atoms with Crippen LogP contribution in [0.1, 0.15) is 12.8 Å². The van der Waals surface area contributed by atoms with Crippen molar-refractivity contribution in [3.63, 3.8) is 0 Å². The van der Waals surface area contributed by atoms with E-state index in [0.29, 0.717) is 23.5 Å². The molecular weight excluding hydrogens is 456 g/mol. The normalized spacial score (nSPS) is 15.5. The molecule has 0 saturated carbocycles. The van der Waals surface area contributed by atoms with Crippen molar-refractivity contribution in [2.75, 3.05) is 25.5 Å². The van der Waals surface area contributed by atoms with E-state index in [1.54, 1.807) is 18.4 Å². The van der Waals surface area contributed by atoms with Gasteiger partial charge in [0.15, 0.2) is 5.82 Å². The number of hydrogen-bond donors (Lipinski definition) is 2. The predicted octanol–water partition coefficient (Wildman–Crippen LogP) is 6.48. The number of aromatic nitrogens is 2. The largest absolute Gasteiger partial charge is 0.497 e. The number of fused-ring (bicyclic) bond motifs is 3. The van der Waals surface area contributed by atoms with E-state index in [2.05, 4.69) is 53.1 Å². The topological polar surface area (TPSA) is 68.3 Å². The molecule has 7 heteroatoms. The Bertz CT molecular complexity index is 1480. The minimum Gasteiger partial charge on any atom is -0.497 e. The molecule has 0 spiro atoms. The summed E-state index contributed by atoms with van der Waals surface area (Å²) in [6.45, 7) is 1.87. The Morgan fingerprint density at radius 2 is 1.83 bits per heavy atom. The van der Waals surface area contributed by atoms with Gasteiger partial charge < -0.3 is 20.1 Å². The second-order valence-electron chi connectivity index (χ2n) is 8.67. The number of nitrogens with zero attached hydrogens (tertiary/aromatic N) is 2. The van der Waals surface area contributed by atoms with Gasteiger partial charge in [-0.15, -0.1) is 11.3 Å². The molecule has 0 bridgehead atoms. The molecule has 1 fully saturated rings. The molecule has 6 nitrogen and oxygen atoms in total. The molecule has 0 radical (unpaired) electrons. The molecule has 5 aromatic rings. The highest BCUT2D eigenvalue weighted by Crippen LogP contribution is 2.37. The number of anilines is 1. The molecule has 1 atom stereocenters. The Balaban J connectivity index is 1.36. The Kier molecular flexibility index (Phi) is 5.94. The van der Waals surface area contributed by atoms with Crippen LogP contribution in [0.2, 0.25) is 0 Å². The van der Waals surface area contributed by atoms with Crippen molar-refractivity contribution in [2.45, 2.75) is 18.9 Å². The minimum atomic E-state index is 0.442. The van der Waals surface area contributed by atoms with Gasteiger partial charge in [0.25, 0.3) is 0 Å². The fourth-order valence-electron chi connectivity index (χ4n) is 4.49. The van der Waals surface area contributed by atoms with Crippen molar-refractivity contribution in [2.24, 2.45) is 0 Å². The number of benzene rings is 3. The van der Waals surface area contributed by atoms with Crippen LogP contribution in [0.25, 0.3) is 31.6 Å². The van der Waals surface area contributed by atoms with Gasteiger partial charge in [0, 0.05) is 38.3 Å². The lowest BCUT2D eigenvalue weighted by atomic mass is 10.1. The van der Waals surface area contributed by atoms with Crippen molar-refractivity contribution in [1.29, 1.82) is 0 Å². The Morgan fingerprint density at radius 1 is 1.00 bits per heavy atom. The first-order valence-electron chi connectivity index (χ1n) is 11.8. The second-order valence-corrected chi connectivity index (χ2v) is 9.76. The third kappa shape index (κ3) is 4.52. The summed E-state index contributed by atoms with van der Waals surface area (Å²) in [5, 5.41) is 9.49. The summed E-state index contributed by atoms with van der Waals surface area (Å²) in [6, 6.07) is 22.9. The minimum absolute atomic E-state index is 0.442. The van der Waals surface area contributed by atoms with Gasteiger partial charge in [-0.3, -0.25) is 0 Å². The van der Waals surface area contributed by atoms with E-state index in [9.17, 15) is 0 Å². The Hall–Kier alpha value is -3.68. The van der Waals surface area contributed by atoms with E-state index in [0.717, 1.165) is 36.5 Å². The average Bonchev–Trinajstić information content (AvgIpc) is 3.56. The van der Waals surface area contributed by atoms with Gasteiger partial charge in [-0.05, 0) is 67.9 Å². The SMILES string of the molecule is COc1ccc(Oc2nc(-c3ccc4sc5ccccc5c4c3)ncc2NC[C@@H]2CCCN2)cc1. The van der Waals surface area contributed by atoms with Crippen LogP contribution in [-0.4, -0.2) is 36.2 Å². The number of ether oxygens (including phenoxy) is 2. The monoisotopic (exact) mass is 482 g/mol. The molecule has 6 rings (SSSR count). The first-order chi connectivity index (χ1) is 17.3. The molecule has 35 heavy (non-hydrogen) atoms. The summed E-state index contributed by atoms with van der Waals surface area (Å²) in [7, 11) is 1.65. The summed E-state index contributed by atoms with van der Waals surface area (Å²) < 4.78 is 14.1. The molecule has 1 aliphatic heterocycles. The van der Waals surface area contributed by atoms with E-state index >= 15 is 0 Å². The smallest absolute Gasteiger partial charge is 0.246 e. The maximum absolute atomic E-state index is 6.24. The summed E-state index contributed by atoms with van der Waals surface area (Å²) in [4.78, 5) is 9.56. The highest BCUT2D eigenvalue weighted by atomic mass is 32.1. The molecule has 2 N–H and O–H groups in total. The Morgan fingerprint density at radius 3 is 2.66 bits per heavy atom. The van der Waals surface area contributed by atoms with Gasteiger partial charge in [-0.2, -0.15) is 4.98 Å². The van der Waals surface area contributed by atoms with Crippen LogP contribution in [0.15, 0.2) is 72.9 Å². The fraction of sp³-hybridized carbons (Fsp3) is 0.214. The standard InChI is InChI=1S/C28H26N4O2S/c1-33-20-9-11-21(12-10-20)34-28-24(30-16-19-5-4-14-29-19)17-31-27(32-28)18-8-13-26-23(15-18)22-6-2-3-7-25(22)35-26/h2-3,6-13,15,17,19,29-30H,4-5,14,16H2,1H3/t19-/m0/s1. The summed E-state index contributed by atoms with van der Waals surface area (Å²) in [6.07, 6.45) is 4.19. The predicted molar refractivity (Wildman–Crippen MR) is 143 cm³/mol. The van der Waals surface area contributed by atoms with Gasteiger partial charge in [-0.25, -0.2) is 4.98 Å². The number of rotatable bonds is 7. The molecule has 2 aromatic heterocycles. The highest BCUT2D eigenvalue weighted by Gasteiger charge is 2.17. The van der Waals surface area contributed by atoms with Crippen LogP contribution in [0.4, 0.5) is 5.69 Å². The lowest BCUT2D eigenvalue weighted by Crippen LogP contribution is -2.29. The fourth-order valence-corrected chi connectivity index (χ4v) is 5.58. The molecule has 0 aliphatic carbocycles. The molecule has 1 saturated heterocycles. The molecule has 0 unspecified atom stereocenters. The molecule has 3 aromatic carbocycles. The summed E-state index contributed by atoms with van der Waals surface area (Å²) in [5.74, 6) is 2.61. The van der Waals surface area contributed by atoms with Crippen molar-refractivity contribution in [3.8, 4) is 28.8 Å². The first-order valence-corrected chi connectivity index (χ1v) is 12.7. The quantitative estimate of drug-likeness (QED) is 0.277. The molecule has 0 amide bonds. The van der Waals surface area contributed by atoms with Crippen molar-refractivity contribution in [1.82, 2.24) is 15.3 Å². The number of methoxy groups -OCH3 is 1. The van der Waals surface area contributed by atoms with Gasteiger partial charge in [0.2, 0.25) is 5.88 Å². The molecule has 3 heterocycles. The van der Waals surface area contributed by atoms with Gasteiger partial charge in [-0.1, -0.05) is 18.2 Å². The maximum atomic E-state index is 6.24. The summed E-state index contributed by atoms with van der Waals surface area (Å²) >= 11 is 1.80. The lowest BCUT2D eigenvalue weighted by Gasteiger charge is -2.16. The number of nitrogens with one attached hydrogen (secondary N) is 2. The van der Waals surface area contributed by atoms with Gasteiger partial charge >= 0.3 is 0 Å². The zero-order chi connectivity index (χ0) is 23.6.